The molecule has 10 heteroatoms. The van der Waals surface area contributed by atoms with Crippen LogP contribution in [0.4, 0.5) is 11.9 Å². The second kappa shape index (κ2) is 13.5. The fourth-order valence-electron chi connectivity index (χ4n) is 4.51. The molecule has 42 heavy (non-hydrogen) atoms. The molecule has 3 N–H and O–H groups in total. The number of hydrogen-bond donors (Lipinski definition) is 3. The van der Waals surface area contributed by atoms with Crippen molar-refractivity contribution in [3.05, 3.63) is 78.6 Å². The summed E-state index contributed by atoms with van der Waals surface area (Å²) in [5, 5.41) is 10.7. The van der Waals surface area contributed by atoms with Crippen LogP contribution in [0.3, 0.4) is 0 Å². The maximum Gasteiger partial charge on any atom is 0.228 e. The van der Waals surface area contributed by atoms with Crippen LogP contribution in [0.2, 0.25) is 0 Å². The van der Waals surface area contributed by atoms with Crippen molar-refractivity contribution in [3.8, 4) is 22.6 Å². The number of rotatable bonds is 13. The zero-order valence-corrected chi connectivity index (χ0v) is 25.1. The van der Waals surface area contributed by atoms with Gasteiger partial charge in [-0.15, -0.1) is 5.12 Å². The van der Waals surface area contributed by atoms with Crippen LogP contribution in [0.15, 0.2) is 71.3 Å². The van der Waals surface area contributed by atoms with Crippen LogP contribution in [-0.4, -0.2) is 56.7 Å². The van der Waals surface area contributed by atoms with Gasteiger partial charge in [-0.1, -0.05) is 88.4 Å². The molecule has 0 saturated heterocycles. The van der Waals surface area contributed by atoms with Crippen molar-refractivity contribution in [2.45, 2.75) is 40.5 Å². The fourth-order valence-corrected chi connectivity index (χ4v) is 4.51. The van der Waals surface area contributed by atoms with Gasteiger partial charge in [0, 0.05) is 50.4 Å². The van der Waals surface area contributed by atoms with Gasteiger partial charge in [-0.3, -0.25) is 10.4 Å². The van der Waals surface area contributed by atoms with Crippen molar-refractivity contribution in [1.82, 2.24) is 35.5 Å². The lowest BCUT2D eigenvalue weighted by molar-refractivity contribution is 0.0381. The van der Waals surface area contributed by atoms with Gasteiger partial charge in [-0.05, 0) is 18.3 Å². The van der Waals surface area contributed by atoms with Crippen molar-refractivity contribution in [3.63, 3.8) is 0 Å². The summed E-state index contributed by atoms with van der Waals surface area (Å²) in [6.45, 7) is 11.0. The minimum atomic E-state index is 0.471. The average Bonchev–Trinajstić information content (AvgIpc) is 3.59. The zero-order chi connectivity index (χ0) is 29.5. The Hall–Kier alpha value is -4.44. The molecule has 3 heterocycles. The van der Waals surface area contributed by atoms with E-state index in [9.17, 15) is 0 Å². The smallest absolute Gasteiger partial charge is 0.228 e. The average molecular weight is 568 g/mol. The summed E-state index contributed by atoms with van der Waals surface area (Å²) in [6, 6.07) is 20.4. The predicted octanol–water partition coefficient (Wildman–Crippen LogP) is 5.93. The third-order valence-corrected chi connectivity index (χ3v) is 6.69. The third kappa shape index (κ3) is 7.44. The highest BCUT2D eigenvalue weighted by atomic mass is 16.4. The van der Waals surface area contributed by atoms with Crippen molar-refractivity contribution in [1.29, 1.82) is 0 Å². The van der Waals surface area contributed by atoms with Gasteiger partial charge in [0.25, 0.3) is 0 Å². The number of hydrazine groups is 2. The fraction of sp³-hybridized carbons (Fsp3) is 0.375. The Bertz CT molecular complexity index is 1380. The van der Waals surface area contributed by atoms with Crippen LogP contribution in [0.5, 0.6) is 0 Å². The summed E-state index contributed by atoms with van der Waals surface area (Å²) in [5.74, 6) is 4.19. The third-order valence-electron chi connectivity index (χ3n) is 6.69. The molecule has 0 bridgehead atoms. The van der Waals surface area contributed by atoms with E-state index in [1.54, 1.807) is 0 Å². The molecule has 2 aromatic heterocycles. The van der Waals surface area contributed by atoms with Gasteiger partial charge in [0.15, 0.2) is 17.5 Å². The number of nitrogens with one attached hydrogen (secondary N) is 3. The number of anilines is 2. The van der Waals surface area contributed by atoms with E-state index in [1.165, 1.54) is 0 Å². The van der Waals surface area contributed by atoms with Crippen LogP contribution < -0.4 is 16.1 Å². The van der Waals surface area contributed by atoms with Crippen LogP contribution in [0, 0.1) is 11.8 Å². The van der Waals surface area contributed by atoms with Crippen LogP contribution in [0.1, 0.15) is 45.8 Å². The second-order valence-electron chi connectivity index (χ2n) is 11.3. The van der Waals surface area contributed by atoms with Gasteiger partial charge in [-0.2, -0.15) is 15.0 Å². The molecule has 4 aromatic rings. The second-order valence-corrected chi connectivity index (χ2v) is 11.3. The van der Waals surface area contributed by atoms with Crippen molar-refractivity contribution >= 4 is 17.6 Å². The minimum Gasteiger partial charge on any atom is -0.440 e. The van der Waals surface area contributed by atoms with E-state index in [0.29, 0.717) is 36.0 Å². The quantitative estimate of drug-likeness (QED) is 0.180. The Morgan fingerprint density at radius 1 is 0.786 bits per heavy atom. The first-order valence-electron chi connectivity index (χ1n) is 14.7. The summed E-state index contributed by atoms with van der Waals surface area (Å²) in [4.78, 5) is 18.9. The number of benzene rings is 2. The molecule has 0 unspecified atom stereocenters. The Morgan fingerprint density at radius 3 is 1.98 bits per heavy atom. The summed E-state index contributed by atoms with van der Waals surface area (Å²) in [6.07, 6.45) is 3.59. The number of nitrogens with zero attached hydrogens (tertiary/aromatic N) is 6. The highest BCUT2D eigenvalue weighted by Gasteiger charge is 2.23. The van der Waals surface area contributed by atoms with E-state index in [1.807, 2.05) is 54.8 Å². The summed E-state index contributed by atoms with van der Waals surface area (Å²) >= 11 is 0. The van der Waals surface area contributed by atoms with E-state index in [4.69, 9.17) is 19.4 Å². The molecule has 2 aromatic carbocycles. The van der Waals surface area contributed by atoms with Gasteiger partial charge < -0.3 is 15.1 Å². The lowest BCUT2D eigenvalue weighted by Crippen LogP contribution is -2.39. The first-order chi connectivity index (χ1) is 20.4. The first kappa shape index (κ1) is 29.1. The van der Waals surface area contributed by atoms with Crippen LogP contribution in [-0.2, 0) is 6.42 Å². The van der Waals surface area contributed by atoms with Crippen molar-refractivity contribution < 1.29 is 4.42 Å². The summed E-state index contributed by atoms with van der Waals surface area (Å²) < 4.78 is 6.33. The SMILES string of the molecule is CC(C)CNc1nc(NCC(C)C)nc(C2=CN(CCCc3nc(-c4ccccc4)c(-c4ccccc4)o3)N(C)N2)n1. The molecule has 1 aliphatic heterocycles. The Kier molecular flexibility index (Phi) is 9.33. The Labute approximate surface area is 248 Å². The van der Waals surface area contributed by atoms with Crippen molar-refractivity contribution in [2.24, 2.45) is 11.8 Å². The number of oxazole rings is 1. The molecule has 0 aliphatic carbocycles. The lowest BCUT2D eigenvalue weighted by Gasteiger charge is -2.24. The lowest BCUT2D eigenvalue weighted by atomic mass is 10.1. The number of hydrogen-bond acceptors (Lipinski definition) is 10. The van der Waals surface area contributed by atoms with Gasteiger partial charge in [0.2, 0.25) is 11.9 Å². The van der Waals surface area contributed by atoms with E-state index < -0.39 is 0 Å². The Balaban J connectivity index is 1.29. The normalized spacial score (nSPS) is 13.5. The molecule has 220 valence electrons. The summed E-state index contributed by atoms with van der Waals surface area (Å²) in [7, 11) is 1.98. The predicted molar refractivity (Wildman–Crippen MR) is 168 cm³/mol. The molecule has 0 fully saturated rings. The van der Waals surface area contributed by atoms with E-state index in [2.05, 4.69) is 78.0 Å². The maximum absolute atomic E-state index is 6.33. The molecular weight excluding hydrogens is 526 g/mol. The van der Waals surface area contributed by atoms with Crippen LogP contribution >= 0.6 is 0 Å². The number of aryl methyl sites for hydroxylation is 1. The topological polar surface area (TPSA) is 107 Å². The van der Waals surface area contributed by atoms with Gasteiger partial charge in [0.05, 0.1) is 0 Å². The maximum atomic E-state index is 6.33. The molecule has 5 rings (SSSR count). The highest BCUT2D eigenvalue weighted by Crippen LogP contribution is 2.33. The highest BCUT2D eigenvalue weighted by molar-refractivity contribution is 5.76. The largest absolute Gasteiger partial charge is 0.440 e. The standard InChI is InChI=1S/C32H41N9O/c1-22(2)19-33-31-36-30(37-32(38-31)34-20-23(3)4)26-21-41(40(5)39-26)18-12-17-27-35-28(24-13-8-6-9-14-24)29(42-27)25-15-10-7-11-16-25/h6-11,13-16,21-23,39H,12,17-20H2,1-5H3,(H2,33,34,36,37,38). The van der Waals surface area contributed by atoms with E-state index in [-0.39, 0.29) is 0 Å². The minimum absolute atomic E-state index is 0.471. The molecule has 0 radical (unpaired) electrons. The first-order valence-corrected chi connectivity index (χ1v) is 14.7. The number of aromatic nitrogens is 4. The van der Waals surface area contributed by atoms with E-state index in [0.717, 1.165) is 60.2 Å². The van der Waals surface area contributed by atoms with Gasteiger partial charge in [0.1, 0.15) is 11.4 Å². The molecule has 0 amide bonds. The zero-order valence-electron chi connectivity index (χ0n) is 25.1. The van der Waals surface area contributed by atoms with Crippen LogP contribution in [0.25, 0.3) is 28.3 Å². The molecule has 0 atom stereocenters. The monoisotopic (exact) mass is 567 g/mol. The molecule has 10 nitrogen and oxygen atoms in total. The van der Waals surface area contributed by atoms with Gasteiger partial charge >= 0.3 is 0 Å². The molecular formula is C32H41N9O. The Morgan fingerprint density at radius 2 is 1.38 bits per heavy atom. The van der Waals surface area contributed by atoms with Gasteiger partial charge in [-0.25, -0.2) is 4.98 Å². The molecule has 0 spiro atoms. The van der Waals surface area contributed by atoms with E-state index >= 15 is 0 Å². The summed E-state index contributed by atoms with van der Waals surface area (Å²) in [5.41, 5.74) is 7.14. The molecule has 1 aliphatic rings. The molecule has 0 saturated carbocycles. The van der Waals surface area contributed by atoms with Crippen molar-refractivity contribution in [2.75, 3.05) is 37.3 Å².